The molecule has 1 aromatic heterocycles. The van der Waals surface area contributed by atoms with Crippen molar-refractivity contribution in [2.45, 2.75) is 110 Å². The number of H-pyrrole nitrogens is 1. The lowest BCUT2D eigenvalue weighted by Crippen LogP contribution is -2.02. The van der Waals surface area contributed by atoms with Crippen LogP contribution in [0.2, 0.25) is 0 Å². The Hall–Kier alpha value is -1.01. The van der Waals surface area contributed by atoms with E-state index < -0.39 is 7.25 Å². The van der Waals surface area contributed by atoms with Crippen molar-refractivity contribution in [3.8, 4) is 0 Å². The van der Waals surface area contributed by atoms with E-state index in [1.165, 1.54) is 103 Å². The number of halogens is 4. The Balaban J connectivity index is 0.00000119. The summed E-state index contributed by atoms with van der Waals surface area (Å²) in [5.41, 5.74) is 0. The fourth-order valence-corrected chi connectivity index (χ4v) is 3.13. The Labute approximate surface area is 163 Å². The van der Waals surface area contributed by atoms with Crippen molar-refractivity contribution in [2.24, 2.45) is 0 Å². The fraction of sp³-hybridized carbons (Fsp3) is 0.850. The highest BCUT2D eigenvalue weighted by molar-refractivity contribution is 6.50. The van der Waals surface area contributed by atoms with E-state index in [0.29, 0.717) is 0 Å². The number of unbranched alkanes of at least 4 members (excludes halogenated alkanes) is 14. The third-order valence-electron chi connectivity index (χ3n) is 4.62. The van der Waals surface area contributed by atoms with E-state index >= 15 is 0 Å². The van der Waals surface area contributed by atoms with Gasteiger partial charge in [-0.2, -0.15) is 0 Å². The third kappa shape index (κ3) is 25.0. The summed E-state index contributed by atoms with van der Waals surface area (Å²) in [5, 5.41) is 0. The van der Waals surface area contributed by atoms with Crippen LogP contribution in [0.4, 0.5) is 17.3 Å². The predicted molar refractivity (Wildman–Crippen MR) is 106 cm³/mol. The zero-order chi connectivity index (χ0) is 20.2. The highest BCUT2D eigenvalue weighted by Gasteiger charge is 2.20. The average Bonchev–Trinajstić information content (AvgIpc) is 3.10. The first-order valence-electron chi connectivity index (χ1n) is 10.8. The lowest BCUT2D eigenvalue weighted by atomic mass is 10.0. The molecule has 2 nitrogen and oxygen atoms in total. The van der Waals surface area contributed by atoms with E-state index in [-0.39, 0.29) is 0 Å². The second kappa shape index (κ2) is 18.4. The van der Waals surface area contributed by atoms with Crippen molar-refractivity contribution in [3.63, 3.8) is 0 Å². The molecule has 160 valence electrons. The SMILES string of the molecule is CCCCCCCCCCCCCCCCCn1cc[nH+]c1.F[B-](F)(F)F. The zero-order valence-electron chi connectivity index (χ0n) is 17.1. The van der Waals surface area contributed by atoms with Crippen molar-refractivity contribution in [1.82, 2.24) is 4.57 Å². The standard InChI is InChI=1S/C20H38N2.BF4/c1-2-3-4-5-6-7-8-9-10-11-12-13-14-15-16-18-22-19-17-21-20-22;2-1(3,4)5/h17,19-20H,2-16,18H2,1H3;/q;-1/p+1. The van der Waals surface area contributed by atoms with Crippen LogP contribution in [-0.4, -0.2) is 11.8 Å². The van der Waals surface area contributed by atoms with Gasteiger partial charge in [-0.1, -0.05) is 90.4 Å². The molecule has 1 N–H and O–H groups in total. The molecule has 7 heteroatoms. The second-order valence-corrected chi connectivity index (χ2v) is 7.29. The molecule has 1 aromatic rings. The minimum atomic E-state index is -6.00. The molecule has 0 spiro atoms. The van der Waals surface area contributed by atoms with Gasteiger partial charge in [0.05, 0.1) is 6.54 Å². The molecule has 0 aliphatic rings. The van der Waals surface area contributed by atoms with E-state index in [9.17, 15) is 17.3 Å². The monoisotopic (exact) mass is 394 g/mol. The molecule has 0 aliphatic carbocycles. The van der Waals surface area contributed by atoms with Gasteiger partial charge in [0.2, 0.25) is 6.33 Å². The van der Waals surface area contributed by atoms with E-state index in [1.54, 1.807) is 0 Å². The Kier molecular flexibility index (Phi) is 17.7. The molecule has 0 bridgehead atoms. The van der Waals surface area contributed by atoms with E-state index in [0.717, 1.165) is 0 Å². The Morgan fingerprint density at radius 3 is 1.37 bits per heavy atom. The molecular weight excluding hydrogens is 355 g/mol. The number of nitrogens with zero attached hydrogens (tertiary/aromatic N) is 1. The van der Waals surface area contributed by atoms with Crippen molar-refractivity contribution >= 4 is 7.25 Å². The van der Waals surface area contributed by atoms with Gasteiger partial charge in [0, 0.05) is 0 Å². The second-order valence-electron chi connectivity index (χ2n) is 7.29. The van der Waals surface area contributed by atoms with Crippen LogP contribution in [0.15, 0.2) is 18.7 Å². The van der Waals surface area contributed by atoms with E-state index in [2.05, 4.69) is 22.7 Å². The van der Waals surface area contributed by atoms with Gasteiger partial charge in [-0.05, 0) is 12.8 Å². The molecular formula is C20H39BF4N2. The van der Waals surface area contributed by atoms with Crippen molar-refractivity contribution in [1.29, 1.82) is 0 Å². The van der Waals surface area contributed by atoms with Crippen LogP contribution >= 0.6 is 0 Å². The largest absolute Gasteiger partial charge is 0.673 e. The predicted octanol–water partition coefficient (Wildman–Crippen LogP) is 7.47. The molecule has 0 radical (unpaired) electrons. The fourth-order valence-electron chi connectivity index (χ4n) is 3.13. The van der Waals surface area contributed by atoms with Crippen LogP contribution in [0.3, 0.4) is 0 Å². The first-order valence-corrected chi connectivity index (χ1v) is 10.8. The lowest BCUT2D eigenvalue weighted by Gasteiger charge is -2.03. The van der Waals surface area contributed by atoms with E-state index in [1.807, 2.05) is 12.5 Å². The molecule has 0 atom stereocenters. The number of rotatable bonds is 16. The summed E-state index contributed by atoms with van der Waals surface area (Å²) in [6, 6.07) is 0. The van der Waals surface area contributed by atoms with Gasteiger partial charge in [0.25, 0.3) is 0 Å². The quantitative estimate of drug-likeness (QED) is 0.157. The summed E-state index contributed by atoms with van der Waals surface area (Å²) < 4.78 is 41.2. The van der Waals surface area contributed by atoms with Gasteiger partial charge in [-0.3, -0.25) is 4.98 Å². The number of hydrogen-bond acceptors (Lipinski definition) is 0. The molecule has 0 unspecified atom stereocenters. The van der Waals surface area contributed by atoms with Crippen LogP contribution in [-0.2, 0) is 6.54 Å². The molecule has 0 fully saturated rings. The molecule has 1 heterocycles. The van der Waals surface area contributed by atoms with Crippen molar-refractivity contribution < 1.29 is 22.2 Å². The summed E-state index contributed by atoms with van der Waals surface area (Å²) in [5.74, 6) is 0. The van der Waals surface area contributed by atoms with Crippen LogP contribution in [0.1, 0.15) is 103 Å². The van der Waals surface area contributed by atoms with Crippen LogP contribution in [0.25, 0.3) is 0 Å². The maximum absolute atomic E-state index is 9.75. The van der Waals surface area contributed by atoms with E-state index in [4.69, 9.17) is 0 Å². The Bertz CT molecular complexity index is 391. The van der Waals surface area contributed by atoms with Crippen LogP contribution in [0.5, 0.6) is 0 Å². The summed E-state index contributed by atoms with van der Waals surface area (Å²) in [4.78, 5) is 3.09. The zero-order valence-corrected chi connectivity index (χ0v) is 17.1. The van der Waals surface area contributed by atoms with Gasteiger partial charge in [0.15, 0.2) is 0 Å². The lowest BCUT2D eigenvalue weighted by molar-refractivity contribution is -0.377. The number of aryl methyl sites for hydroxylation is 1. The first kappa shape index (κ1) is 26.0. The maximum Gasteiger partial charge on any atom is 0.673 e. The molecule has 0 aromatic carbocycles. The first-order chi connectivity index (χ1) is 12.9. The Morgan fingerprint density at radius 1 is 0.667 bits per heavy atom. The average molecular weight is 394 g/mol. The van der Waals surface area contributed by atoms with Crippen LogP contribution in [0, 0.1) is 0 Å². The van der Waals surface area contributed by atoms with Gasteiger partial charge >= 0.3 is 7.25 Å². The number of imidazole rings is 1. The highest BCUT2D eigenvalue weighted by Crippen LogP contribution is 2.13. The molecule has 1 rings (SSSR count). The number of hydrogen-bond donors (Lipinski definition) is 0. The number of aromatic nitrogens is 2. The third-order valence-corrected chi connectivity index (χ3v) is 4.62. The summed E-state index contributed by atoms with van der Waals surface area (Å²) in [6.07, 6.45) is 27.7. The van der Waals surface area contributed by atoms with Gasteiger partial charge in [-0.25, -0.2) is 4.57 Å². The molecule has 0 aliphatic heterocycles. The van der Waals surface area contributed by atoms with Gasteiger partial charge < -0.3 is 17.3 Å². The smallest absolute Gasteiger partial charge is 0.418 e. The maximum atomic E-state index is 9.75. The minimum absolute atomic E-state index is 1.17. The molecule has 27 heavy (non-hydrogen) atoms. The molecule has 0 amide bonds. The summed E-state index contributed by atoms with van der Waals surface area (Å²) >= 11 is 0. The van der Waals surface area contributed by atoms with Gasteiger partial charge in [-0.15, -0.1) is 0 Å². The number of nitrogens with one attached hydrogen (secondary N) is 1. The highest BCUT2D eigenvalue weighted by atomic mass is 19.5. The summed E-state index contributed by atoms with van der Waals surface area (Å²) in [7, 11) is -6.00. The Morgan fingerprint density at radius 2 is 1.04 bits per heavy atom. The van der Waals surface area contributed by atoms with Gasteiger partial charge in [0.1, 0.15) is 12.4 Å². The normalized spacial score (nSPS) is 11.3. The number of aromatic amines is 1. The topological polar surface area (TPSA) is 19.1 Å². The minimum Gasteiger partial charge on any atom is -0.418 e. The van der Waals surface area contributed by atoms with Crippen molar-refractivity contribution in [3.05, 3.63) is 18.7 Å². The molecule has 0 saturated carbocycles. The van der Waals surface area contributed by atoms with Crippen LogP contribution < -0.4 is 4.98 Å². The summed E-state index contributed by atoms with van der Waals surface area (Å²) in [6.45, 7) is 3.46. The van der Waals surface area contributed by atoms with Crippen molar-refractivity contribution in [2.75, 3.05) is 0 Å². The molecule has 0 saturated heterocycles.